The Morgan fingerprint density at radius 1 is 1.24 bits per heavy atom. The Labute approximate surface area is 191 Å². The van der Waals surface area contributed by atoms with Gasteiger partial charge in [-0.25, -0.2) is 0 Å². The molecule has 2 heterocycles. The molecule has 0 bridgehead atoms. The maximum absolute atomic E-state index is 11.9. The van der Waals surface area contributed by atoms with Gasteiger partial charge in [0.1, 0.15) is 0 Å². The maximum atomic E-state index is 11.9. The maximum Gasteiger partial charge on any atom is 0.222 e. The second kappa shape index (κ2) is 11.7. The van der Waals surface area contributed by atoms with Gasteiger partial charge in [-0.2, -0.15) is 0 Å². The largest absolute Gasteiger partial charge is 0.381 e. The lowest BCUT2D eigenvalue weighted by Gasteiger charge is -2.36. The third-order valence-corrected chi connectivity index (χ3v) is 5.90. The lowest BCUT2D eigenvalue weighted by atomic mass is 9.74. The zero-order valence-corrected chi connectivity index (χ0v) is 20.0. The fourth-order valence-corrected chi connectivity index (χ4v) is 4.16. The van der Waals surface area contributed by atoms with Crippen molar-refractivity contribution in [2.75, 3.05) is 39.4 Å². The van der Waals surface area contributed by atoms with Gasteiger partial charge in [0, 0.05) is 50.7 Å². The molecule has 1 atom stereocenters. The number of halogens is 1. The van der Waals surface area contributed by atoms with Crippen molar-refractivity contribution < 1.29 is 9.53 Å². The molecular formula is C22H35IN4O2. The highest BCUT2D eigenvalue weighted by molar-refractivity contribution is 14.0. The van der Waals surface area contributed by atoms with E-state index in [1.54, 1.807) is 0 Å². The summed E-state index contributed by atoms with van der Waals surface area (Å²) in [6.45, 7) is 8.71. The van der Waals surface area contributed by atoms with Gasteiger partial charge < -0.3 is 20.3 Å². The summed E-state index contributed by atoms with van der Waals surface area (Å²) in [6, 6.07) is 11.0. The second-order valence-corrected chi connectivity index (χ2v) is 7.78. The number of hydrogen-bond donors (Lipinski definition) is 2. The summed E-state index contributed by atoms with van der Waals surface area (Å²) in [5.41, 5.74) is 1.38. The molecule has 3 rings (SSSR count). The van der Waals surface area contributed by atoms with Gasteiger partial charge in [0.25, 0.3) is 0 Å². The predicted molar refractivity (Wildman–Crippen MR) is 128 cm³/mol. The third-order valence-electron chi connectivity index (χ3n) is 5.90. The molecule has 6 nitrogen and oxygen atoms in total. The topological polar surface area (TPSA) is 66.0 Å². The van der Waals surface area contributed by atoms with Crippen molar-refractivity contribution in [2.24, 2.45) is 4.99 Å². The van der Waals surface area contributed by atoms with E-state index in [0.29, 0.717) is 6.42 Å². The predicted octanol–water partition coefficient (Wildman–Crippen LogP) is 2.92. The van der Waals surface area contributed by atoms with Gasteiger partial charge in [0.05, 0.1) is 6.54 Å². The monoisotopic (exact) mass is 514 g/mol. The van der Waals surface area contributed by atoms with E-state index < -0.39 is 0 Å². The average molecular weight is 514 g/mol. The molecule has 0 saturated carbocycles. The van der Waals surface area contributed by atoms with Crippen LogP contribution in [0.1, 0.15) is 45.1 Å². The molecule has 29 heavy (non-hydrogen) atoms. The zero-order valence-electron chi connectivity index (χ0n) is 17.7. The molecule has 2 fully saturated rings. The van der Waals surface area contributed by atoms with Gasteiger partial charge in [0.15, 0.2) is 5.96 Å². The van der Waals surface area contributed by atoms with Crippen LogP contribution in [-0.4, -0.2) is 62.2 Å². The first-order chi connectivity index (χ1) is 13.7. The number of carbonyl (C=O) groups is 1. The fraction of sp³-hybridized carbons (Fsp3) is 0.636. The number of benzene rings is 1. The van der Waals surface area contributed by atoms with Gasteiger partial charge in [-0.15, -0.1) is 24.0 Å². The van der Waals surface area contributed by atoms with Crippen molar-refractivity contribution >= 4 is 35.8 Å². The molecule has 0 radical (unpaired) electrons. The normalized spacial score (nSPS) is 21.4. The van der Waals surface area contributed by atoms with E-state index in [9.17, 15) is 4.79 Å². The number of aliphatic imine (C=N–C) groups is 1. The lowest BCUT2D eigenvalue weighted by molar-refractivity contribution is -0.129. The van der Waals surface area contributed by atoms with E-state index in [0.717, 1.165) is 64.6 Å². The first kappa shape index (κ1) is 23.9. The Bertz CT molecular complexity index is 662. The van der Waals surface area contributed by atoms with E-state index in [4.69, 9.17) is 9.73 Å². The second-order valence-electron chi connectivity index (χ2n) is 7.78. The van der Waals surface area contributed by atoms with Crippen molar-refractivity contribution in [3.05, 3.63) is 35.9 Å². The van der Waals surface area contributed by atoms with Crippen LogP contribution in [0.4, 0.5) is 0 Å². The SMILES string of the molecule is CCNC(=NCC1(c2ccccc2)CCOCC1)NC1CCN(C(=O)CC)C1.I. The Balaban J connectivity index is 0.00000300. The first-order valence-electron chi connectivity index (χ1n) is 10.6. The van der Waals surface area contributed by atoms with Crippen LogP contribution >= 0.6 is 24.0 Å². The Kier molecular flexibility index (Phi) is 9.68. The number of amides is 1. The van der Waals surface area contributed by atoms with Gasteiger partial charge in [0.2, 0.25) is 5.91 Å². The quantitative estimate of drug-likeness (QED) is 0.348. The molecule has 2 aliphatic rings. The number of carbonyl (C=O) groups excluding carboxylic acids is 1. The van der Waals surface area contributed by atoms with Crippen LogP contribution in [0.25, 0.3) is 0 Å². The number of nitrogens with zero attached hydrogens (tertiary/aromatic N) is 2. The molecule has 1 aromatic carbocycles. The summed E-state index contributed by atoms with van der Waals surface area (Å²) in [4.78, 5) is 18.9. The van der Waals surface area contributed by atoms with Gasteiger partial charge in [-0.05, 0) is 31.7 Å². The number of rotatable bonds is 6. The van der Waals surface area contributed by atoms with E-state index in [1.807, 2.05) is 11.8 Å². The summed E-state index contributed by atoms with van der Waals surface area (Å²) in [5, 5.41) is 6.93. The summed E-state index contributed by atoms with van der Waals surface area (Å²) in [7, 11) is 0. The molecule has 0 aromatic heterocycles. The van der Waals surface area contributed by atoms with Crippen LogP contribution in [0.5, 0.6) is 0 Å². The summed E-state index contributed by atoms with van der Waals surface area (Å²) in [5.74, 6) is 1.08. The van der Waals surface area contributed by atoms with Crippen LogP contribution in [0.3, 0.4) is 0 Å². The zero-order chi connectivity index (χ0) is 19.8. The Morgan fingerprint density at radius 3 is 2.62 bits per heavy atom. The number of hydrogen-bond acceptors (Lipinski definition) is 3. The van der Waals surface area contributed by atoms with E-state index in [-0.39, 0.29) is 41.3 Å². The molecule has 7 heteroatoms. The summed E-state index contributed by atoms with van der Waals surface area (Å²) < 4.78 is 5.64. The van der Waals surface area contributed by atoms with Crippen LogP contribution in [0.2, 0.25) is 0 Å². The highest BCUT2D eigenvalue weighted by Crippen LogP contribution is 2.35. The molecule has 2 saturated heterocycles. The van der Waals surface area contributed by atoms with Crippen LogP contribution in [0.15, 0.2) is 35.3 Å². The first-order valence-corrected chi connectivity index (χ1v) is 10.6. The number of guanidine groups is 1. The Morgan fingerprint density at radius 2 is 1.97 bits per heavy atom. The van der Waals surface area contributed by atoms with Crippen molar-refractivity contribution in [3.63, 3.8) is 0 Å². The summed E-state index contributed by atoms with van der Waals surface area (Å²) >= 11 is 0. The van der Waals surface area contributed by atoms with Crippen molar-refractivity contribution in [2.45, 2.75) is 51.0 Å². The minimum atomic E-state index is 0. The van der Waals surface area contributed by atoms with Crippen LogP contribution in [0, 0.1) is 0 Å². The van der Waals surface area contributed by atoms with Gasteiger partial charge >= 0.3 is 0 Å². The smallest absolute Gasteiger partial charge is 0.222 e. The van der Waals surface area contributed by atoms with Crippen molar-refractivity contribution in [1.82, 2.24) is 15.5 Å². The van der Waals surface area contributed by atoms with Crippen LogP contribution < -0.4 is 10.6 Å². The minimum absolute atomic E-state index is 0. The lowest BCUT2D eigenvalue weighted by Crippen LogP contribution is -2.46. The molecule has 0 aliphatic carbocycles. The van der Waals surface area contributed by atoms with Gasteiger partial charge in [-0.1, -0.05) is 37.3 Å². The highest BCUT2D eigenvalue weighted by Gasteiger charge is 2.34. The third kappa shape index (κ3) is 6.31. The summed E-state index contributed by atoms with van der Waals surface area (Å²) in [6.07, 6.45) is 3.51. The van der Waals surface area contributed by atoms with E-state index >= 15 is 0 Å². The van der Waals surface area contributed by atoms with Crippen molar-refractivity contribution in [1.29, 1.82) is 0 Å². The molecule has 1 amide bonds. The van der Waals surface area contributed by atoms with Gasteiger partial charge in [-0.3, -0.25) is 9.79 Å². The molecule has 2 aliphatic heterocycles. The number of ether oxygens (including phenoxy) is 1. The number of nitrogens with one attached hydrogen (secondary N) is 2. The molecule has 2 N–H and O–H groups in total. The van der Waals surface area contributed by atoms with E-state index in [1.165, 1.54) is 5.56 Å². The number of likely N-dealkylation sites (tertiary alicyclic amines) is 1. The standard InChI is InChI=1S/C22H34N4O2.HI/c1-3-20(27)26-13-10-19(16-26)25-21(23-4-2)24-17-22(11-14-28-15-12-22)18-8-6-5-7-9-18;/h5-9,19H,3-4,10-17H2,1-2H3,(H2,23,24,25);1H. The van der Waals surface area contributed by atoms with Crippen molar-refractivity contribution in [3.8, 4) is 0 Å². The molecule has 0 spiro atoms. The molecular weight excluding hydrogens is 479 g/mol. The molecule has 1 unspecified atom stereocenters. The molecule has 1 aromatic rings. The minimum Gasteiger partial charge on any atom is -0.381 e. The molecule has 162 valence electrons. The fourth-order valence-electron chi connectivity index (χ4n) is 4.16. The van der Waals surface area contributed by atoms with Crippen LogP contribution in [-0.2, 0) is 14.9 Å². The highest BCUT2D eigenvalue weighted by atomic mass is 127. The Hall–Kier alpha value is -1.35. The van der Waals surface area contributed by atoms with E-state index in [2.05, 4.69) is 47.9 Å². The average Bonchev–Trinajstić information content (AvgIpc) is 3.21.